The maximum atomic E-state index is 12.7. The number of ether oxygens (including phenoxy) is 3. The van der Waals surface area contributed by atoms with Crippen molar-refractivity contribution in [2.75, 3.05) is 6.61 Å². The van der Waals surface area contributed by atoms with Gasteiger partial charge in [-0.2, -0.15) is 0 Å². The summed E-state index contributed by atoms with van der Waals surface area (Å²) in [4.78, 5) is 59.3. The molecule has 0 spiro atoms. The summed E-state index contributed by atoms with van der Waals surface area (Å²) < 4.78 is 15.7. The van der Waals surface area contributed by atoms with Crippen molar-refractivity contribution < 1.29 is 38.2 Å². The second-order valence-electron chi connectivity index (χ2n) is 8.00. The Morgan fingerprint density at radius 3 is 2.34 bits per heavy atom. The molecule has 9 nitrogen and oxygen atoms in total. The predicted octanol–water partition coefficient (Wildman–Crippen LogP) is 2.55. The molecule has 0 aliphatic carbocycles. The van der Waals surface area contributed by atoms with Gasteiger partial charge in [0.2, 0.25) is 11.4 Å². The first-order chi connectivity index (χ1) is 15.1. The minimum absolute atomic E-state index is 0.204. The third-order valence-electron chi connectivity index (χ3n) is 5.08. The van der Waals surface area contributed by atoms with Crippen LogP contribution in [0.2, 0.25) is 0 Å². The van der Waals surface area contributed by atoms with E-state index < -0.39 is 48.2 Å². The quantitative estimate of drug-likeness (QED) is 0.184. The summed E-state index contributed by atoms with van der Waals surface area (Å²) in [7, 11) is 0. The Morgan fingerprint density at radius 2 is 1.75 bits per heavy atom. The number of esters is 3. The van der Waals surface area contributed by atoms with Gasteiger partial charge in [0.1, 0.15) is 18.5 Å². The zero-order valence-corrected chi connectivity index (χ0v) is 19.4. The van der Waals surface area contributed by atoms with Crippen molar-refractivity contribution in [3.8, 4) is 0 Å². The molecule has 1 N–H and O–H groups in total. The number of Topliss-reactive ketones (excluding diaryl/α,β-unsaturated/α-hetero) is 1. The molecule has 1 heterocycles. The summed E-state index contributed by atoms with van der Waals surface area (Å²) in [6.07, 6.45) is 7.50. The monoisotopic (exact) mass is 453 g/mol. The van der Waals surface area contributed by atoms with Crippen molar-refractivity contribution in [2.45, 2.75) is 96.8 Å². The van der Waals surface area contributed by atoms with Crippen LogP contribution in [0.4, 0.5) is 0 Å². The fraction of sp³-hybridized carbons (Fsp3) is 0.696. The van der Waals surface area contributed by atoms with E-state index in [1.54, 1.807) is 6.08 Å². The van der Waals surface area contributed by atoms with Gasteiger partial charge in [-0.25, -0.2) is 4.79 Å². The number of carbonyl (C=O) groups is 5. The minimum atomic E-state index is -1.82. The van der Waals surface area contributed by atoms with Crippen molar-refractivity contribution >= 4 is 29.6 Å². The molecular weight excluding hydrogens is 418 g/mol. The van der Waals surface area contributed by atoms with Crippen molar-refractivity contribution in [1.82, 2.24) is 5.32 Å². The lowest BCUT2D eigenvalue weighted by Crippen LogP contribution is -2.63. The summed E-state index contributed by atoms with van der Waals surface area (Å²) in [5.41, 5.74) is -1.82. The lowest BCUT2D eigenvalue weighted by Gasteiger charge is -2.31. The number of ketones is 1. The molecule has 1 saturated heterocycles. The number of amides is 1. The number of rotatable bonds is 14. The SMILES string of the molecule is CCCCCCC(=O)CC/C=C\C[C@H]1OC(=O)C(COC(C)=O)(NC(C)=O)C1OC(C)=O. The molecule has 1 amide bonds. The average molecular weight is 454 g/mol. The average Bonchev–Trinajstić information content (AvgIpc) is 2.94. The van der Waals surface area contributed by atoms with Gasteiger partial charge in [-0.05, 0) is 12.8 Å². The van der Waals surface area contributed by atoms with Crippen molar-refractivity contribution in [1.29, 1.82) is 0 Å². The molecule has 1 aliphatic rings. The smallest absolute Gasteiger partial charge is 0.340 e. The summed E-state index contributed by atoms with van der Waals surface area (Å²) in [6, 6.07) is 0. The molecule has 1 aliphatic heterocycles. The Hall–Kier alpha value is -2.71. The highest BCUT2D eigenvalue weighted by atomic mass is 16.6. The van der Waals surface area contributed by atoms with Crippen LogP contribution in [0, 0.1) is 0 Å². The number of cyclic esters (lactones) is 1. The number of nitrogens with one attached hydrogen (secondary N) is 1. The van der Waals surface area contributed by atoms with E-state index in [2.05, 4.69) is 12.2 Å². The number of hydrogen-bond donors (Lipinski definition) is 1. The van der Waals surface area contributed by atoms with E-state index in [0.717, 1.165) is 32.6 Å². The van der Waals surface area contributed by atoms with Gasteiger partial charge in [-0.3, -0.25) is 19.2 Å². The molecular formula is C23H35NO8. The second-order valence-corrected chi connectivity index (χ2v) is 8.00. The molecule has 0 saturated carbocycles. The molecule has 1 fully saturated rings. The zero-order valence-electron chi connectivity index (χ0n) is 19.4. The third kappa shape index (κ3) is 8.80. The van der Waals surface area contributed by atoms with E-state index in [4.69, 9.17) is 14.2 Å². The fourth-order valence-electron chi connectivity index (χ4n) is 3.56. The van der Waals surface area contributed by atoms with Gasteiger partial charge >= 0.3 is 17.9 Å². The van der Waals surface area contributed by atoms with Crippen LogP contribution in [0.25, 0.3) is 0 Å². The first-order valence-electron chi connectivity index (χ1n) is 11.1. The zero-order chi connectivity index (χ0) is 24.1. The van der Waals surface area contributed by atoms with Crippen LogP contribution in [0.3, 0.4) is 0 Å². The van der Waals surface area contributed by atoms with E-state index in [1.807, 2.05) is 6.08 Å². The third-order valence-corrected chi connectivity index (χ3v) is 5.08. The van der Waals surface area contributed by atoms with Gasteiger partial charge in [0.05, 0.1) is 0 Å². The second kappa shape index (κ2) is 13.6. The summed E-state index contributed by atoms with van der Waals surface area (Å²) >= 11 is 0. The van der Waals surface area contributed by atoms with E-state index >= 15 is 0 Å². The van der Waals surface area contributed by atoms with Crippen molar-refractivity contribution in [3.05, 3.63) is 12.2 Å². The highest BCUT2D eigenvalue weighted by Gasteiger charge is 2.61. The van der Waals surface area contributed by atoms with E-state index in [0.29, 0.717) is 19.3 Å². The largest absolute Gasteiger partial charge is 0.463 e. The molecule has 0 aromatic carbocycles. The van der Waals surface area contributed by atoms with Crippen molar-refractivity contribution in [2.24, 2.45) is 0 Å². The Labute approximate surface area is 189 Å². The molecule has 9 heteroatoms. The Balaban J connectivity index is 2.77. The van der Waals surface area contributed by atoms with Gasteiger partial charge in [0.15, 0.2) is 6.10 Å². The predicted molar refractivity (Wildman–Crippen MR) is 115 cm³/mol. The first-order valence-corrected chi connectivity index (χ1v) is 11.1. The minimum Gasteiger partial charge on any atom is -0.463 e. The lowest BCUT2D eigenvalue weighted by atomic mass is 9.90. The molecule has 0 bridgehead atoms. The molecule has 2 unspecified atom stereocenters. The Bertz CT molecular complexity index is 717. The van der Waals surface area contributed by atoms with Crippen LogP contribution in [0.5, 0.6) is 0 Å². The van der Waals surface area contributed by atoms with Gasteiger partial charge < -0.3 is 19.5 Å². The normalized spacial score (nSPS) is 22.4. The van der Waals surface area contributed by atoms with E-state index in [9.17, 15) is 24.0 Å². The first kappa shape index (κ1) is 27.3. The summed E-state index contributed by atoms with van der Waals surface area (Å²) in [6.45, 7) is 5.13. The van der Waals surface area contributed by atoms with Crippen LogP contribution >= 0.6 is 0 Å². The molecule has 3 atom stereocenters. The maximum absolute atomic E-state index is 12.7. The Morgan fingerprint density at radius 1 is 1.03 bits per heavy atom. The molecule has 1 rings (SSSR count). The van der Waals surface area contributed by atoms with Crippen LogP contribution in [0.1, 0.15) is 79.1 Å². The summed E-state index contributed by atoms with van der Waals surface area (Å²) in [5, 5.41) is 2.45. The van der Waals surface area contributed by atoms with Gasteiger partial charge in [-0.15, -0.1) is 0 Å². The lowest BCUT2D eigenvalue weighted by molar-refractivity contribution is -0.159. The number of unbranched alkanes of at least 4 members (excludes halogenated alkanes) is 3. The van der Waals surface area contributed by atoms with Gasteiger partial charge in [0, 0.05) is 40.0 Å². The topological polar surface area (TPSA) is 125 Å². The number of hydrogen-bond acceptors (Lipinski definition) is 8. The van der Waals surface area contributed by atoms with Crippen LogP contribution in [-0.2, 0) is 38.2 Å². The highest BCUT2D eigenvalue weighted by molar-refractivity contribution is 5.91. The molecule has 32 heavy (non-hydrogen) atoms. The number of allylic oxidation sites excluding steroid dienone is 1. The Kier molecular flexibility index (Phi) is 11.7. The van der Waals surface area contributed by atoms with Crippen LogP contribution in [-0.4, -0.2) is 54.0 Å². The summed E-state index contributed by atoms with van der Waals surface area (Å²) in [5.74, 6) is -2.54. The standard InChI is InChI=1S/C23H35NO8/c1-5-6-7-9-12-19(28)13-10-8-11-14-20-21(31-18(4)27)23(22(29)32-20,24-16(2)25)15-30-17(3)26/h8,11,20-21H,5-7,9-10,12-15H2,1-4H3,(H,24,25)/b11-8-/t20-,21?,23?/m1/s1. The fourth-order valence-corrected chi connectivity index (χ4v) is 3.56. The maximum Gasteiger partial charge on any atom is 0.340 e. The van der Waals surface area contributed by atoms with E-state index in [1.165, 1.54) is 13.8 Å². The van der Waals surface area contributed by atoms with Crippen LogP contribution in [0.15, 0.2) is 12.2 Å². The molecule has 0 radical (unpaired) electrons. The van der Waals surface area contributed by atoms with E-state index in [-0.39, 0.29) is 12.2 Å². The molecule has 0 aromatic heterocycles. The number of carbonyl (C=O) groups excluding carboxylic acids is 5. The molecule has 180 valence electrons. The van der Waals surface area contributed by atoms with Crippen molar-refractivity contribution in [3.63, 3.8) is 0 Å². The van der Waals surface area contributed by atoms with Gasteiger partial charge in [0.25, 0.3) is 0 Å². The highest BCUT2D eigenvalue weighted by Crippen LogP contribution is 2.32. The van der Waals surface area contributed by atoms with Crippen LogP contribution < -0.4 is 5.32 Å². The van der Waals surface area contributed by atoms with Gasteiger partial charge in [-0.1, -0.05) is 38.3 Å². The molecule has 0 aromatic rings.